The lowest BCUT2D eigenvalue weighted by Gasteiger charge is -2.11. The van der Waals surface area contributed by atoms with Crippen molar-refractivity contribution in [3.8, 4) is 0 Å². The van der Waals surface area contributed by atoms with Crippen LogP contribution in [0.3, 0.4) is 0 Å². The van der Waals surface area contributed by atoms with Gasteiger partial charge in [-0.1, -0.05) is 6.92 Å². The largest absolute Gasteiger partial charge is 0.496 e. The van der Waals surface area contributed by atoms with Gasteiger partial charge in [-0.15, -0.1) is 0 Å². The summed E-state index contributed by atoms with van der Waals surface area (Å²) < 4.78 is 5.41. The first-order valence-corrected chi connectivity index (χ1v) is 3.50. The van der Waals surface area contributed by atoms with Crippen LogP contribution < -0.4 is 0 Å². The van der Waals surface area contributed by atoms with Gasteiger partial charge >= 0.3 is 0 Å². The van der Waals surface area contributed by atoms with Crippen LogP contribution in [0.5, 0.6) is 0 Å². The molecule has 0 radical (unpaired) electrons. The number of hydrogen-bond acceptors (Lipinski definition) is 1. The fraction of sp³-hybridized carbons (Fsp3) is 0.750. The Kier molecular flexibility index (Phi) is 4.20. The average Bonchev–Trinajstić information content (AvgIpc) is 1.87. The zero-order valence-electron chi connectivity index (χ0n) is 6.77. The van der Waals surface area contributed by atoms with Crippen molar-refractivity contribution >= 4 is 0 Å². The topological polar surface area (TPSA) is 9.23 Å². The second kappa shape index (κ2) is 4.42. The van der Waals surface area contributed by atoms with Crippen molar-refractivity contribution in [3.63, 3.8) is 0 Å². The Labute approximate surface area is 57.7 Å². The van der Waals surface area contributed by atoms with E-state index in [4.69, 9.17) is 4.74 Å². The molecular weight excluding hydrogens is 112 g/mol. The predicted molar refractivity (Wildman–Crippen MR) is 40.3 cm³/mol. The van der Waals surface area contributed by atoms with Crippen molar-refractivity contribution in [1.29, 1.82) is 0 Å². The van der Waals surface area contributed by atoms with Gasteiger partial charge in [0.2, 0.25) is 0 Å². The normalized spacial score (nSPS) is 15.3. The highest BCUT2D eigenvalue weighted by Crippen LogP contribution is 2.03. The van der Waals surface area contributed by atoms with E-state index >= 15 is 0 Å². The van der Waals surface area contributed by atoms with E-state index in [0.29, 0.717) is 6.10 Å². The lowest BCUT2D eigenvalue weighted by atomic mass is 10.3. The van der Waals surface area contributed by atoms with Gasteiger partial charge in [0, 0.05) is 0 Å². The van der Waals surface area contributed by atoms with Gasteiger partial charge in [0.05, 0.1) is 11.9 Å². The maximum atomic E-state index is 5.41. The highest BCUT2D eigenvalue weighted by atomic mass is 16.5. The molecule has 0 saturated heterocycles. The molecule has 0 aliphatic carbocycles. The molecule has 0 aromatic rings. The summed E-state index contributed by atoms with van der Waals surface area (Å²) in [4.78, 5) is 0. The molecule has 1 nitrogen and oxygen atoms in total. The molecule has 0 amide bonds. The second-order valence-corrected chi connectivity index (χ2v) is 2.24. The van der Waals surface area contributed by atoms with Crippen molar-refractivity contribution in [2.45, 2.75) is 40.2 Å². The van der Waals surface area contributed by atoms with E-state index in [9.17, 15) is 0 Å². The van der Waals surface area contributed by atoms with Gasteiger partial charge in [0.1, 0.15) is 0 Å². The molecule has 0 aromatic heterocycles. The molecule has 0 spiro atoms. The van der Waals surface area contributed by atoms with Gasteiger partial charge in [-0.3, -0.25) is 0 Å². The molecule has 0 rings (SSSR count). The molecule has 0 fully saturated rings. The molecule has 54 valence electrons. The van der Waals surface area contributed by atoms with E-state index in [0.717, 1.165) is 12.2 Å². The van der Waals surface area contributed by atoms with Gasteiger partial charge in [0.25, 0.3) is 0 Å². The first-order valence-electron chi connectivity index (χ1n) is 3.50. The lowest BCUT2D eigenvalue weighted by Crippen LogP contribution is -2.03. The van der Waals surface area contributed by atoms with Crippen LogP contribution in [-0.4, -0.2) is 6.10 Å². The summed E-state index contributed by atoms with van der Waals surface area (Å²) in [5.41, 5.74) is 0. The molecule has 0 heterocycles. The van der Waals surface area contributed by atoms with Crippen LogP contribution >= 0.6 is 0 Å². The van der Waals surface area contributed by atoms with E-state index in [1.165, 1.54) is 0 Å². The van der Waals surface area contributed by atoms with Crippen LogP contribution in [0.25, 0.3) is 0 Å². The molecule has 0 N–H and O–H groups in total. The first-order chi connectivity index (χ1) is 4.20. The van der Waals surface area contributed by atoms with E-state index < -0.39 is 0 Å². The Morgan fingerprint density at radius 2 is 2.22 bits per heavy atom. The lowest BCUT2D eigenvalue weighted by molar-refractivity contribution is 0.129. The first kappa shape index (κ1) is 8.54. The Bertz CT molecular complexity index is 94.7. The minimum atomic E-state index is 0.362. The van der Waals surface area contributed by atoms with Crippen LogP contribution in [0.15, 0.2) is 11.8 Å². The van der Waals surface area contributed by atoms with Crippen LogP contribution in [0.1, 0.15) is 34.1 Å². The van der Waals surface area contributed by atoms with Crippen molar-refractivity contribution in [2.75, 3.05) is 0 Å². The number of rotatable bonds is 3. The van der Waals surface area contributed by atoms with Crippen molar-refractivity contribution < 1.29 is 4.74 Å². The quantitative estimate of drug-likeness (QED) is 0.531. The molecule has 0 saturated carbocycles. The summed E-state index contributed by atoms with van der Waals surface area (Å²) in [6.07, 6.45) is 3.42. The van der Waals surface area contributed by atoms with Gasteiger partial charge in [-0.2, -0.15) is 0 Å². The van der Waals surface area contributed by atoms with E-state index in [1.54, 1.807) is 0 Å². The zero-order valence-corrected chi connectivity index (χ0v) is 6.77. The van der Waals surface area contributed by atoms with Gasteiger partial charge < -0.3 is 4.74 Å². The molecule has 1 unspecified atom stereocenters. The summed E-state index contributed by atoms with van der Waals surface area (Å²) in [7, 11) is 0. The second-order valence-electron chi connectivity index (χ2n) is 2.24. The van der Waals surface area contributed by atoms with Crippen LogP contribution in [0.2, 0.25) is 0 Å². The fourth-order valence-corrected chi connectivity index (χ4v) is 0.469. The monoisotopic (exact) mass is 128 g/mol. The summed E-state index contributed by atoms with van der Waals surface area (Å²) in [6.45, 7) is 8.16. The van der Waals surface area contributed by atoms with Gasteiger partial charge in [-0.25, -0.2) is 0 Å². The van der Waals surface area contributed by atoms with E-state index in [1.807, 2.05) is 19.9 Å². The van der Waals surface area contributed by atoms with E-state index in [-0.39, 0.29) is 0 Å². The smallest absolute Gasteiger partial charge is 0.0951 e. The summed E-state index contributed by atoms with van der Waals surface area (Å²) in [5.74, 6) is 1.02. The third-order valence-electron chi connectivity index (χ3n) is 1.37. The number of allylic oxidation sites excluding steroid dienone is 2. The summed E-state index contributed by atoms with van der Waals surface area (Å²) in [6, 6.07) is 0. The average molecular weight is 128 g/mol. The molecule has 0 aliphatic heterocycles. The van der Waals surface area contributed by atoms with Gasteiger partial charge in [-0.05, 0) is 33.3 Å². The highest BCUT2D eigenvalue weighted by Gasteiger charge is 1.96. The zero-order chi connectivity index (χ0) is 7.28. The summed E-state index contributed by atoms with van der Waals surface area (Å²) >= 11 is 0. The number of ether oxygens (including phenoxy) is 1. The standard InChI is InChI=1S/C8H16O/c1-5-7(3)9-8(4)6-2/h5,8H,6H2,1-4H3/b7-5-. The molecule has 9 heavy (non-hydrogen) atoms. The highest BCUT2D eigenvalue weighted by molar-refractivity contribution is 4.84. The SMILES string of the molecule is C/C=C(/C)OC(C)CC. The summed E-state index contributed by atoms with van der Waals surface area (Å²) in [5, 5.41) is 0. The van der Waals surface area contributed by atoms with Crippen molar-refractivity contribution in [1.82, 2.24) is 0 Å². The molecule has 0 aliphatic rings. The predicted octanol–water partition coefficient (Wildman–Crippen LogP) is 2.73. The Morgan fingerprint density at radius 1 is 1.67 bits per heavy atom. The Morgan fingerprint density at radius 3 is 2.56 bits per heavy atom. The van der Waals surface area contributed by atoms with E-state index in [2.05, 4.69) is 13.8 Å². The van der Waals surface area contributed by atoms with Crippen LogP contribution in [-0.2, 0) is 4.74 Å². The third kappa shape index (κ3) is 4.07. The fourth-order valence-electron chi connectivity index (χ4n) is 0.469. The molecule has 0 aromatic carbocycles. The van der Waals surface area contributed by atoms with Crippen LogP contribution in [0.4, 0.5) is 0 Å². The molecule has 1 atom stereocenters. The minimum absolute atomic E-state index is 0.362. The van der Waals surface area contributed by atoms with Gasteiger partial charge in [0.15, 0.2) is 0 Å². The Hall–Kier alpha value is -0.460. The molecular formula is C8H16O. The maximum absolute atomic E-state index is 5.41. The van der Waals surface area contributed by atoms with Crippen LogP contribution in [0, 0.1) is 0 Å². The maximum Gasteiger partial charge on any atom is 0.0951 e. The molecule has 1 heteroatoms. The van der Waals surface area contributed by atoms with Crippen molar-refractivity contribution in [2.24, 2.45) is 0 Å². The Balaban J connectivity index is 3.47. The minimum Gasteiger partial charge on any atom is -0.496 e. The third-order valence-corrected chi connectivity index (χ3v) is 1.37. The number of hydrogen-bond donors (Lipinski definition) is 0. The van der Waals surface area contributed by atoms with Crippen molar-refractivity contribution in [3.05, 3.63) is 11.8 Å². The molecule has 0 bridgehead atoms.